The highest BCUT2D eigenvalue weighted by atomic mass is 127. The Morgan fingerprint density at radius 3 is 2.92 bits per heavy atom. The van der Waals surface area contributed by atoms with Crippen molar-refractivity contribution in [2.24, 2.45) is 0 Å². The summed E-state index contributed by atoms with van der Waals surface area (Å²) in [4.78, 5) is 0. The topological polar surface area (TPSA) is 0 Å². The second kappa shape index (κ2) is 3.71. The maximum absolute atomic E-state index is 13.3. The van der Waals surface area contributed by atoms with E-state index < -0.39 is 0 Å². The third kappa shape index (κ3) is 1.57. The maximum Gasteiger partial charge on any atom is 0.141 e. The fourth-order valence-corrected chi connectivity index (χ4v) is 3.52. The zero-order valence-corrected chi connectivity index (χ0v) is 10.2. The molecule has 0 atom stereocenters. The molecule has 0 fully saturated rings. The van der Waals surface area contributed by atoms with Gasteiger partial charge in [0.1, 0.15) is 5.82 Å². The molecule has 0 bridgehead atoms. The van der Waals surface area contributed by atoms with Crippen molar-refractivity contribution in [3.63, 3.8) is 0 Å². The first-order chi connectivity index (χ1) is 6.24. The molecule has 68 valence electrons. The summed E-state index contributed by atoms with van der Waals surface area (Å²) in [5, 5.41) is 2.89. The van der Waals surface area contributed by atoms with E-state index in [0.717, 1.165) is 14.5 Å². The van der Waals surface area contributed by atoms with Crippen LogP contribution in [0.1, 0.15) is 5.56 Å². The van der Waals surface area contributed by atoms with Crippen LogP contribution in [0.2, 0.25) is 0 Å². The molecule has 1 heterocycles. The Balaban J connectivity index is 2.87. The third-order valence-electron chi connectivity index (χ3n) is 1.84. The van der Waals surface area contributed by atoms with E-state index in [1.54, 1.807) is 6.07 Å². The lowest BCUT2D eigenvalue weighted by atomic mass is 10.2. The van der Waals surface area contributed by atoms with Crippen molar-refractivity contribution in [2.75, 3.05) is 0 Å². The predicted octanol–water partition coefficient (Wildman–Crippen LogP) is 4.38. The van der Waals surface area contributed by atoms with Gasteiger partial charge < -0.3 is 0 Å². The third-order valence-corrected chi connectivity index (χ3v) is 4.07. The van der Waals surface area contributed by atoms with Crippen molar-refractivity contribution in [1.29, 1.82) is 0 Å². The molecule has 0 aliphatic rings. The Morgan fingerprint density at radius 2 is 2.23 bits per heavy atom. The summed E-state index contributed by atoms with van der Waals surface area (Å²) in [6.07, 6.45) is 0. The fourth-order valence-electron chi connectivity index (χ4n) is 1.23. The molecule has 0 nitrogen and oxygen atoms in total. The predicted molar refractivity (Wildman–Crippen MR) is 64.1 cm³/mol. The first-order valence-corrected chi connectivity index (χ1v) is 6.13. The molecule has 0 aliphatic carbocycles. The van der Waals surface area contributed by atoms with Crippen LogP contribution in [0, 0.1) is 9.39 Å². The molecule has 1 aromatic heterocycles. The lowest BCUT2D eigenvalue weighted by molar-refractivity contribution is 0.641. The number of fused-ring (bicyclic) bond motifs is 1. The highest BCUT2D eigenvalue weighted by Gasteiger charge is 2.10. The van der Waals surface area contributed by atoms with Gasteiger partial charge in [-0.3, -0.25) is 0 Å². The van der Waals surface area contributed by atoms with Gasteiger partial charge in [-0.05, 0) is 45.7 Å². The smallest absolute Gasteiger partial charge is 0.141 e. The van der Waals surface area contributed by atoms with Crippen molar-refractivity contribution in [2.45, 2.75) is 5.88 Å². The first-order valence-electron chi connectivity index (χ1n) is 3.64. The van der Waals surface area contributed by atoms with Gasteiger partial charge in [0.25, 0.3) is 0 Å². The van der Waals surface area contributed by atoms with Crippen LogP contribution in [0.15, 0.2) is 17.5 Å². The van der Waals surface area contributed by atoms with Gasteiger partial charge in [-0.1, -0.05) is 0 Å². The summed E-state index contributed by atoms with van der Waals surface area (Å²) in [5.74, 6) is 0.288. The summed E-state index contributed by atoms with van der Waals surface area (Å²) >= 11 is 9.37. The molecule has 0 radical (unpaired) electrons. The molecular formula is C9H5ClFIS. The molecule has 1 aromatic carbocycles. The molecule has 0 unspecified atom stereocenters. The van der Waals surface area contributed by atoms with Crippen molar-refractivity contribution < 1.29 is 4.39 Å². The summed E-state index contributed by atoms with van der Waals surface area (Å²) in [6.45, 7) is 0. The van der Waals surface area contributed by atoms with Gasteiger partial charge in [-0.25, -0.2) is 4.39 Å². The second-order valence-electron chi connectivity index (χ2n) is 2.63. The van der Waals surface area contributed by atoms with Gasteiger partial charge in [0.2, 0.25) is 0 Å². The van der Waals surface area contributed by atoms with E-state index in [1.807, 2.05) is 5.38 Å². The molecule has 0 spiro atoms. The van der Waals surface area contributed by atoms with E-state index in [1.165, 1.54) is 17.4 Å². The largest absolute Gasteiger partial charge is 0.205 e. The number of alkyl halides is 1. The van der Waals surface area contributed by atoms with E-state index in [2.05, 4.69) is 22.6 Å². The molecule has 2 rings (SSSR count). The molecule has 0 N–H and O–H groups in total. The number of thiophene rings is 1. The van der Waals surface area contributed by atoms with Crippen LogP contribution in [-0.4, -0.2) is 0 Å². The van der Waals surface area contributed by atoms with E-state index in [-0.39, 0.29) is 5.82 Å². The lowest BCUT2D eigenvalue weighted by Crippen LogP contribution is -1.81. The van der Waals surface area contributed by atoms with Gasteiger partial charge in [0, 0.05) is 14.8 Å². The van der Waals surface area contributed by atoms with Crippen LogP contribution in [0.5, 0.6) is 0 Å². The van der Waals surface area contributed by atoms with Crippen molar-refractivity contribution in [3.05, 3.63) is 32.5 Å². The summed E-state index contributed by atoms with van der Waals surface area (Å²) < 4.78 is 15.1. The standard InChI is InChI=1S/C9H5ClFIS/c10-3-5-4-13-9-6(11)1-2-7(12)8(5)9/h1-2,4H,3H2. The molecule has 0 amide bonds. The molecule has 4 heteroatoms. The number of halogens is 3. The molecule has 0 saturated heterocycles. The number of hydrogen-bond donors (Lipinski definition) is 0. The average Bonchev–Trinajstić information content (AvgIpc) is 2.56. The number of rotatable bonds is 1. The highest BCUT2D eigenvalue weighted by molar-refractivity contribution is 14.1. The lowest BCUT2D eigenvalue weighted by Gasteiger charge is -1.97. The monoisotopic (exact) mass is 326 g/mol. The van der Waals surface area contributed by atoms with Crippen LogP contribution in [0.4, 0.5) is 4.39 Å². The molecule has 2 aromatic rings. The molecule has 0 aliphatic heterocycles. The van der Waals surface area contributed by atoms with Crippen molar-refractivity contribution >= 4 is 55.6 Å². The first kappa shape index (κ1) is 9.68. The second-order valence-corrected chi connectivity index (χ2v) is 4.94. The van der Waals surface area contributed by atoms with E-state index in [9.17, 15) is 4.39 Å². The highest BCUT2D eigenvalue weighted by Crippen LogP contribution is 2.32. The van der Waals surface area contributed by atoms with Crippen LogP contribution in [-0.2, 0) is 5.88 Å². The van der Waals surface area contributed by atoms with Gasteiger partial charge in [-0.2, -0.15) is 0 Å². The normalized spacial score (nSPS) is 11.0. The molecule has 0 saturated carbocycles. The van der Waals surface area contributed by atoms with Crippen LogP contribution in [0.3, 0.4) is 0 Å². The summed E-state index contributed by atoms with van der Waals surface area (Å²) in [5.41, 5.74) is 1.02. The van der Waals surface area contributed by atoms with Gasteiger partial charge in [0.05, 0.1) is 4.70 Å². The minimum Gasteiger partial charge on any atom is -0.205 e. The summed E-state index contributed by atoms with van der Waals surface area (Å²) in [7, 11) is 0. The Kier molecular flexibility index (Phi) is 2.76. The minimum atomic E-state index is -0.156. The zero-order chi connectivity index (χ0) is 9.42. The Labute approximate surface area is 97.8 Å². The van der Waals surface area contributed by atoms with Crippen LogP contribution < -0.4 is 0 Å². The number of hydrogen-bond acceptors (Lipinski definition) is 1. The summed E-state index contributed by atoms with van der Waals surface area (Å²) in [6, 6.07) is 3.28. The SMILES string of the molecule is Fc1ccc(I)c2c(CCl)csc12. The average molecular weight is 327 g/mol. The van der Waals surface area contributed by atoms with E-state index in [4.69, 9.17) is 11.6 Å². The Hall–Kier alpha value is 0.130. The molecule has 13 heavy (non-hydrogen) atoms. The Bertz CT molecular complexity index is 452. The van der Waals surface area contributed by atoms with Crippen LogP contribution >= 0.6 is 45.5 Å². The zero-order valence-electron chi connectivity index (χ0n) is 6.48. The van der Waals surface area contributed by atoms with E-state index in [0.29, 0.717) is 10.6 Å². The van der Waals surface area contributed by atoms with Gasteiger partial charge >= 0.3 is 0 Å². The van der Waals surface area contributed by atoms with Crippen molar-refractivity contribution in [3.8, 4) is 0 Å². The fraction of sp³-hybridized carbons (Fsp3) is 0.111. The minimum absolute atomic E-state index is 0.156. The van der Waals surface area contributed by atoms with E-state index >= 15 is 0 Å². The van der Waals surface area contributed by atoms with Gasteiger partial charge in [-0.15, -0.1) is 22.9 Å². The Morgan fingerprint density at radius 1 is 1.46 bits per heavy atom. The van der Waals surface area contributed by atoms with Crippen molar-refractivity contribution in [1.82, 2.24) is 0 Å². The quantitative estimate of drug-likeness (QED) is 0.539. The number of benzene rings is 1. The molecular weight excluding hydrogens is 322 g/mol. The van der Waals surface area contributed by atoms with Crippen LogP contribution in [0.25, 0.3) is 10.1 Å². The maximum atomic E-state index is 13.3. The van der Waals surface area contributed by atoms with Gasteiger partial charge in [0.15, 0.2) is 0 Å².